The molecule has 1 heterocycles. The maximum atomic E-state index is 13.0. The molecular weight excluding hydrogens is 312 g/mol. The number of phenols is 2. The van der Waals surface area contributed by atoms with Crippen LogP contribution in [-0.2, 0) is 0 Å². The van der Waals surface area contributed by atoms with Crippen molar-refractivity contribution < 1.29 is 24.1 Å². The predicted octanol–water partition coefficient (Wildman–Crippen LogP) is 3.20. The zero-order valence-corrected chi connectivity index (χ0v) is 13.4. The summed E-state index contributed by atoms with van der Waals surface area (Å²) in [5.74, 6) is -0.0447. The Hall–Kier alpha value is -3.15. The van der Waals surface area contributed by atoms with Crippen LogP contribution in [0.3, 0.4) is 0 Å². The van der Waals surface area contributed by atoms with Crippen molar-refractivity contribution in [1.29, 1.82) is 0 Å². The summed E-state index contributed by atoms with van der Waals surface area (Å²) in [4.78, 5) is 13.0. The SMILES string of the molecule is COc1c(O)c(C)c2occ(-c3ccccc3O)c(=O)c2c1OC. The lowest BCUT2D eigenvalue weighted by atomic mass is 10.0. The first kappa shape index (κ1) is 15.7. The third-order valence-electron chi connectivity index (χ3n) is 3.94. The first-order valence-corrected chi connectivity index (χ1v) is 7.18. The van der Waals surface area contributed by atoms with E-state index in [9.17, 15) is 15.0 Å². The topological polar surface area (TPSA) is 89.1 Å². The third-order valence-corrected chi connectivity index (χ3v) is 3.94. The molecule has 24 heavy (non-hydrogen) atoms. The fraction of sp³-hybridized carbons (Fsp3) is 0.167. The zero-order chi connectivity index (χ0) is 17.4. The molecule has 0 aliphatic heterocycles. The van der Waals surface area contributed by atoms with E-state index in [0.717, 1.165) is 0 Å². The van der Waals surface area contributed by atoms with Crippen LogP contribution in [0.1, 0.15) is 5.56 Å². The minimum absolute atomic E-state index is 0.0365. The standard InChI is InChI=1S/C18H16O6/c1-9-14(20)18(23-3)17(22-2)13-15(21)11(8-24-16(9)13)10-6-4-5-7-12(10)19/h4-8,19-20H,1-3H3. The molecule has 0 saturated heterocycles. The number of hydrogen-bond acceptors (Lipinski definition) is 6. The van der Waals surface area contributed by atoms with Gasteiger partial charge >= 0.3 is 0 Å². The highest BCUT2D eigenvalue weighted by atomic mass is 16.5. The van der Waals surface area contributed by atoms with Gasteiger partial charge in [-0.15, -0.1) is 0 Å². The first-order chi connectivity index (χ1) is 11.5. The summed E-state index contributed by atoms with van der Waals surface area (Å²) in [5.41, 5.74) is 0.708. The quantitative estimate of drug-likeness (QED) is 0.767. The van der Waals surface area contributed by atoms with Crippen LogP contribution in [-0.4, -0.2) is 24.4 Å². The number of ether oxygens (including phenoxy) is 2. The average Bonchev–Trinajstić information content (AvgIpc) is 2.59. The lowest BCUT2D eigenvalue weighted by Crippen LogP contribution is -2.08. The second-order valence-electron chi connectivity index (χ2n) is 5.24. The van der Waals surface area contributed by atoms with Crippen molar-refractivity contribution in [3.8, 4) is 34.1 Å². The Bertz CT molecular complexity index is 987. The number of aromatic hydroxyl groups is 2. The molecule has 0 unspecified atom stereocenters. The number of para-hydroxylation sites is 1. The van der Waals surface area contributed by atoms with E-state index in [0.29, 0.717) is 11.1 Å². The fourth-order valence-corrected chi connectivity index (χ4v) is 2.72. The van der Waals surface area contributed by atoms with Gasteiger partial charge in [-0.3, -0.25) is 4.79 Å². The molecule has 3 rings (SSSR count). The molecule has 6 nitrogen and oxygen atoms in total. The molecule has 0 radical (unpaired) electrons. The highest BCUT2D eigenvalue weighted by Crippen LogP contribution is 2.45. The zero-order valence-electron chi connectivity index (χ0n) is 13.4. The highest BCUT2D eigenvalue weighted by Gasteiger charge is 2.24. The van der Waals surface area contributed by atoms with Crippen molar-refractivity contribution in [2.45, 2.75) is 6.92 Å². The van der Waals surface area contributed by atoms with Gasteiger partial charge in [-0.1, -0.05) is 18.2 Å². The van der Waals surface area contributed by atoms with E-state index in [1.807, 2.05) is 0 Å². The van der Waals surface area contributed by atoms with E-state index in [1.165, 1.54) is 26.5 Å². The van der Waals surface area contributed by atoms with Crippen molar-refractivity contribution >= 4 is 11.0 Å². The number of hydrogen-bond donors (Lipinski definition) is 2. The third kappa shape index (κ3) is 2.15. The van der Waals surface area contributed by atoms with Gasteiger partial charge in [0.05, 0.1) is 19.8 Å². The monoisotopic (exact) mass is 328 g/mol. The van der Waals surface area contributed by atoms with E-state index < -0.39 is 5.43 Å². The lowest BCUT2D eigenvalue weighted by Gasteiger charge is -2.15. The summed E-state index contributed by atoms with van der Waals surface area (Å²) < 4.78 is 16.0. The number of benzene rings is 2. The van der Waals surface area contributed by atoms with Gasteiger partial charge in [0.2, 0.25) is 11.2 Å². The van der Waals surface area contributed by atoms with E-state index in [4.69, 9.17) is 13.9 Å². The van der Waals surface area contributed by atoms with Gasteiger partial charge in [0.15, 0.2) is 11.5 Å². The Morgan fingerprint density at radius 2 is 1.67 bits per heavy atom. The van der Waals surface area contributed by atoms with Gasteiger partial charge in [0.1, 0.15) is 23.0 Å². The second kappa shape index (κ2) is 5.81. The molecule has 0 aliphatic rings. The van der Waals surface area contributed by atoms with Crippen LogP contribution in [0.25, 0.3) is 22.1 Å². The van der Waals surface area contributed by atoms with E-state index in [-0.39, 0.29) is 39.5 Å². The fourth-order valence-electron chi connectivity index (χ4n) is 2.72. The molecule has 1 aromatic heterocycles. The molecule has 124 valence electrons. The largest absolute Gasteiger partial charge is 0.507 e. The van der Waals surface area contributed by atoms with Gasteiger partial charge in [0.25, 0.3) is 0 Å². The molecule has 0 amide bonds. The van der Waals surface area contributed by atoms with Crippen molar-refractivity contribution in [2.75, 3.05) is 14.2 Å². The van der Waals surface area contributed by atoms with Crippen molar-refractivity contribution in [3.63, 3.8) is 0 Å². The van der Waals surface area contributed by atoms with Crippen LogP contribution in [0.2, 0.25) is 0 Å². The number of phenolic OH excluding ortho intramolecular Hbond substituents is 2. The Kier molecular flexibility index (Phi) is 3.81. The number of aryl methyl sites for hydroxylation is 1. The summed E-state index contributed by atoms with van der Waals surface area (Å²) in [6.45, 7) is 1.61. The summed E-state index contributed by atoms with van der Waals surface area (Å²) in [6.07, 6.45) is 1.26. The molecule has 0 bridgehead atoms. The summed E-state index contributed by atoms with van der Waals surface area (Å²) in [7, 11) is 2.75. The molecule has 0 atom stereocenters. The molecule has 2 aromatic carbocycles. The molecule has 2 N–H and O–H groups in total. The minimum atomic E-state index is -0.393. The number of methoxy groups -OCH3 is 2. The Balaban J connectivity index is 2.48. The highest BCUT2D eigenvalue weighted by molar-refractivity contribution is 5.94. The summed E-state index contributed by atoms with van der Waals surface area (Å²) >= 11 is 0. The average molecular weight is 328 g/mol. The summed E-state index contributed by atoms with van der Waals surface area (Å²) in [5, 5.41) is 20.4. The molecule has 0 spiro atoms. The van der Waals surface area contributed by atoms with Crippen molar-refractivity contribution in [3.05, 3.63) is 46.3 Å². The maximum absolute atomic E-state index is 13.0. The second-order valence-corrected chi connectivity index (χ2v) is 5.24. The molecule has 6 heteroatoms. The molecule has 0 saturated carbocycles. The molecular formula is C18H16O6. The Morgan fingerprint density at radius 3 is 2.29 bits per heavy atom. The molecule has 3 aromatic rings. The summed E-state index contributed by atoms with van der Waals surface area (Å²) in [6, 6.07) is 6.47. The Morgan fingerprint density at radius 1 is 1.00 bits per heavy atom. The molecule has 0 fully saturated rings. The normalized spacial score (nSPS) is 10.8. The minimum Gasteiger partial charge on any atom is -0.507 e. The molecule has 0 aliphatic carbocycles. The van der Waals surface area contributed by atoms with Crippen molar-refractivity contribution in [2.24, 2.45) is 0 Å². The number of fused-ring (bicyclic) bond motifs is 1. The van der Waals surface area contributed by atoms with Crippen LogP contribution in [0.4, 0.5) is 0 Å². The van der Waals surface area contributed by atoms with Crippen LogP contribution in [0.15, 0.2) is 39.7 Å². The smallest absolute Gasteiger partial charge is 0.204 e. The van der Waals surface area contributed by atoms with Crippen molar-refractivity contribution in [1.82, 2.24) is 0 Å². The van der Waals surface area contributed by atoms with Crippen LogP contribution in [0.5, 0.6) is 23.0 Å². The van der Waals surface area contributed by atoms with Crippen LogP contribution >= 0.6 is 0 Å². The van der Waals surface area contributed by atoms with Gasteiger partial charge in [-0.2, -0.15) is 0 Å². The number of rotatable bonds is 3. The van der Waals surface area contributed by atoms with Gasteiger partial charge in [0, 0.05) is 11.1 Å². The van der Waals surface area contributed by atoms with E-state index >= 15 is 0 Å². The van der Waals surface area contributed by atoms with Crippen LogP contribution in [0, 0.1) is 6.92 Å². The lowest BCUT2D eigenvalue weighted by molar-refractivity contribution is 0.334. The van der Waals surface area contributed by atoms with E-state index in [2.05, 4.69) is 0 Å². The predicted molar refractivity (Wildman–Crippen MR) is 89.1 cm³/mol. The van der Waals surface area contributed by atoms with Gasteiger partial charge in [-0.05, 0) is 13.0 Å². The maximum Gasteiger partial charge on any atom is 0.204 e. The Labute approximate surface area is 137 Å². The van der Waals surface area contributed by atoms with E-state index in [1.54, 1.807) is 25.1 Å². The van der Waals surface area contributed by atoms with Gasteiger partial charge in [-0.25, -0.2) is 0 Å². The van der Waals surface area contributed by atoms with Crippen LogP contribution < -0.4 is 14.9 Å². The van der Waals surface area contributed by atoms with Gasteiger partial charge < -0.3 is 24.1 Å². The first-order valence-electron chi connectivity index (χ1n) is 7.18.